The third-order valence-corrected chi connectivity index (χ3v) is 4.39. The van der Waals surface area contributed by atoms with Gasteiger partial charge >= 0.3 is 24.0 Å². The molecule has 144 valence electrons. The van der Waals surface area contributed by atoms with Gasteiger partial charge in [-0.05, 0) is 25.0 Å². The van der Waals surface area contributed by atoms with E-state index in [0.29, 0.717) is 19.3 Å². The van der Waals surface area contributed by atoms with Crippen LogP contribution in [0.15, 0.2) is 0 Å². The van der Waals surface area contributed by atoms with Crippen LogP contribution in [-0.4, -0.2) is 41.6 Å². The Morgan fingerprint density at radius 1 is 1.04 bits per heavy atom. The van der Waals surface area contributed by atoms with Crippen LogP contribution in [0.4, 0.5) is 30.7 Å². The molecule has 10 heteroatoms. The third-order valence-electron chi connectivity index (χ3n) is 3.03. The average molecular weight is 386 g/mol. The van der Waals surface area contributed by atoms with Crippen molar-refractivity contribution in [1.29, 1.82) is 0 Å². The van der Waals surface area contributed by atoms with Crippen molar-refractivity contribution in [3.8, 4) is 0 Å². The standard InChI is InChI=1S/C14H21F7O2S/c1-3-6-10(11(22)23-8-4-2)24-9-5-7-12(15,16)13(17,18)14(19,20)21/h10H,3-9H2,1-2H3. The van der Waals surface area contributed by atoms with Gasteiger partial charge in [0.25, 0.3) is 0 Å². The van der Waals surface area contributed by atoms with Crippen molar-refractivity contribution < 1.29 is 40.3 Å². The first-order chi connectivity index (χ1) is 10.9. The van der Waals surface area contributed by atoms with Gasteiger partial charge in [-0.2, -0.15) is 30.7 Å². The molecular formula is C14H21F7O2S. The summed E-state index contributed by atoms with van der Waals surface area (Å²) in [5.41, 5.74) is 0. The van der Waals surface area contributed by atoms with E-state index < -0.39 is 42.1 Å². The molecule has 2 nitrogen and oxygen atoms in total. The van der Waals surface area contributed by atoms with Crippen LogP contribution in [-0.2, 0) is 9.53 Å². The summed E-state index contributed by atoms with van der Waals surface area (Å²) in [6, 6.07) is 0. The summed E-state index contributed by atoms with van der Waals surface area (Å²) >= 11 is 0.929. The van der Waals surface area contributed by atoms with Gasteiger partial charge in [0, 0.05) is 6.42 Å². The van der Waals surface area contributed by atoms with E-state index in [-0.39, 0.29) is 12.4 Å². The van der Waals surface area contributed by atoms with Crippen LogP contribution < -0.4 is 0 Å². The van der Waals surface area contributed by atoms with E-state index in [9.17, 15) is 35.5 Å². The average Bonchev–Trinajstić information content (AvgIpc) is 2.46. The van der Waals surface area contributed by atoms with Crippen molar-refractivity contribution in [2.45, 2.75) is 69.2 Å². The van der Waals surface area contributed by atoms with Crippen molar-refractivity contribution in [3.05, 3.63) is 0 Å². The van der Waals surface area contributed by atoms with Gasteiger partial charge in [-0.3, -0.25) is 4.79 Å². The van der Waals surface area contributed by atoms with Crippen LogP contribution in [0.2, 0.25) is 0 Å². The first-order valence-electron chi connectivity index (χ1n) is 7.51. The Kier molecular flexibility index (Phi) is 9.45. The SMILES string of the molecule is CCCOC(=O)C(CCC)SCCCC(F)(F)C(F)(F)C(F)(F)F. The molecule has 0 amide bonds. The molecule has 0 aromatic rings. The lowest BCUT2D eigenvalue weighted by atomic mass is 10.1. The minimum atomic E-state index is -6.31. The number of hydrogen-bond donors (Lipinski definition) is 0. The number of alkyl halides is 7. The number of rotatable bonds is 11. The van der Waals surface area contributed by atoms with Crippen LogP contribution in [0, 0.1) is 0 Å². The molecule has 24 heavy (non-hydrogen) atoms. The van der Waals surface area contributed by atoms with E-state index in [1.54, 1.807) is 13.8 Å². The Labute approximate surface area is 140 Å². The van der Waals surface area contributed by atoms with E-state index in [2.05, 4.69) is 0 Å². The maximum Gasteiger partial charge on any atom is 0.459 e. The highest BCUT2D eigenvalue weighted by molar-refractivity contribution is 8.00. The lowest BCUT2D eigenvalue weighted by molar-refractivity contribution is -0.355. The predicted octanol–water partition coefficient (Wildman–Crippen LogP) is 5.45. The van der Waals surface area contributed by atoms with Gasteiger partial charge in [-0.1, -0.05) is 20.3 Å². The fourth-order valence-corrected chi connectivity index (χ4v) is 2.91. The van der Waals surface area contributed by atoms with Gasteiger partial charge < -0.3 is 4.74 Å². The quantitative estimate of drug-likeness (QED) is 0.268. The summed E-state index contributed by atoms with van der Waals surface area (Å²) in [6.07, 6.45) is -6.88. The number of carbonyl (C=O) groups excluding carboxylic acids is 1. The van der Waals surface area contributed by atoms with E-state index in [0.717, 1.165) is 11.8 Å². The minimum Gasteiger partial charge on any atom is -0.465 e. The lowest BCUT2D eigenvalue weighted by Crippen LogP contribution is -2.51. The molecule has 0 N–H and O–H groups in total. The van der Waals surface area contributed by atoms with Crippen molar-refractivity contribution in [1.82, 2.24) is 0 Å². The fourth-order valence-electron chi connectivity index (χ4n) is 1.71. The molecule has 0 aromatic heterocycles. The molecule has 0 aliphatic rings. The second-order valence-corrected chi connectivity index (χ2v) is 6.51. The van der Waals surface area contributed by atoms with Gasteiger partial charge in [0.1, 0.15) is 5.25 Å². The Morgan fingerprint density at radius 3 is 2.08 bits per heavy atom. The van der Waals surface area contributed by atoms with E-state index >= 15 is 0 Å². The molecule has 1 atom stereocenters. The summed E-state index contributed by atoms with van der Waals surface area (Å²) in [4.78, 5) is 11.7. The summed E-state index contributed by atoms with van der Waals surface area (Å²) < 4.78 is 92.6. The second kappa shape index (κ2) is 9.72. The Morgan fingerprint density at radius 2 is 1.62 bits per heavy atom. The Balaban J connectivity index is 4.50. The zero-order chi connectivity index (χ0) is 19.0. The second-order valence-electron chi connectivity index (χ2n) is 5.20. The molecule has 0 aromatic carbocycles. The largest absolute Gasteiger partial charge is 0.465 e. The normalized spacial score (nSPS) is 14.5. The van der Waals surface area contributed by atoms with Crippen molar-refractivity contribution in [2.75, 3.05) is 12.4 Å². The van der Waals surface area contributed by atoms with Gasteiger partial charge in [-0.25, -0.2) is 0 Å². The summed E-state index contributed by atoms with van der Waals surface area (Å²) in [5, 5.41) is -0.640. The number of halogens is 7. The highest BCUT2D eigenvalue weighted by Gasteiger charge is 2.72. The molecule has 0 saturated carbocycles. The fraction of sp³-hybridized carbons (Fsp3) is 0.929. The third kappa shape index (κ3) is 6.68. The highest BCUT2D eigenvalue weighted by atomic mass is 32.2. The monoisotopic (exact) mass is 386 g/mol. The van der Waals surface area contributed by atoms with Crippen molar-refractivity contribution in [3.63, 3.8) is 0 Å². The maximum absolute atomic E-state index is 13.1. The summed E-state index contributed by atoms with van der Waals surface area (Å²) in [6.45, 7) is 3.78. The van der Waals surface area contributed by atoms with Crippen LogP contribution in [0.5, 0.6) is 0 Å². The topological polar surface area (TPSA) is 26.3 Å². The molecule has 0 aliphatic heterocycles. The molecule has 0 spiro atoms. The van der Waals surface area contributed by atoms with E-state index in [4.69, 9.17) is 4.74 Å². The first-order valence-corrected chi connectivity index (χ1v) is 8.56. The Bertz CT molecular complexity index is 386. The number of esters is 1. The molecule has 0 bridgehead atoms. The molecule has 0 heterocycles. The van der Waals surface area contributed by atoms with Crippen LogP contribution in [0.3, 0.4) is 0 Å². The predicted molar refractivity (Wildman–Crippen MR) is 77.6 cm³/mol. The van der Waals surface area contributed by atoms with Crippen molar-refractivity contribution in [2.24, 2.45) is 0 Å². The molecule has 0 fully saturated rings. The zero-order valence-electron chi connectivity index (χ0n) is 13.4. The molecule has 1 unspecified atom stereocenters. The van der Waals surface area contributed by atoms with Gasteiger partial charge in [-0.15, -0.1) is 11.8 Å². The number of carbonyl (C=O) groups is 1. The van der Waals surface area contributed by atoms with E-state index in [1.807, 2.05) is 0 Å². The lowest BCUT2D eigenvalue weighted by Gasteiger charge is -2.28. The van der Waals surface area contributed by atoms with E-state index in [1.165, 1.54) is 0 Å². The maximum atomic E-state index is 13.1. The zero-order valence-corrected chi connectivity index (χ0v) is 14.2. The van der Waals surface area contributed by atoms with Crippen LogP contribution in [0.25, 0.3) is 0 Å². The van der Waals surface area contributed by atoms with Gasteiger partial charge in [0.05, 0.1) is 6.61 Å². The number of thioether (sulfide) groups is 1. The molecule has 0 rings (SSSR count). The van der Waals surface area contributed by atoms with Crippen LogP contribution in [0.1, 0.15) is 46.0 Å². The van der Waals surface area contributed by atoms with Crippen molar-refractivity contribution >= 4 is 17.7 Å². The molecule has 0 saturated heterocycles. The summed E-state index contributed by atoms with van der Waals surface area (Å²) in [7, 11) is 0. The number of ether oxygens (including phenoxy) is 1. The molecule has 0 aliphatic carbocycles. The minimum absolute atomic E-state index is 0.143. The van der Waals surface area contributed by atoms with Gasteiger partial charge in [0.15, 0.2) is 0 Å². The van der Waals surface area contributed by atoms with Gasteiger partial charge in [0.2, 0.25) is 0 Å². The first kappa shape index (κ1) is 23.3. The molecule has 0 radical (unpaired) electrons. The highest BCUT2D eigenvalue weighted by Crippen LogP contribution is 2.48. The summed E-state index contributed by atoms with van der Waals surface area (Å²) in [5.74, 6) is -11.9. The smallest absolute Gasteiger partial charge is 0.459 e. The molecular weight excluding hydrogens is 365 g/mol. The Hall–Kier alpha value is -0.670. The number of hydrogen-bond acceptors (Lipinski definition) is 3. The van der Waals surface area contributed by atoms with Crippen LogP contribution >= 0.6 is 11.8 Å².